The van der Waals surface area contributed by atoms with Crippen LogP contribution in [0.2, 0.25) is 0 Å². The summed E-state index contributed by atoms with van der Waals surface area (Å²) in [6.45, 7) is 1.89. The number of nitrogens with one attached hydrogen (secondary N) is 1. The van der Waals surface area contributed by atoms with Crippen molar-refractivity contribution in [1.82, 2.24) is 9.97 Å². The number of hydrogen-bond acceptors (Lipinski definition) is 3. The van der Waals surface area contributed by atoms with Crippen molar-refractivity contribution in [3.05, 3.63) is 52.4 Å². The van der Waals surface area contributed by atoms with Crippen LogP contribution in [0.3, 0.4) is 0 Å². The van der Waals surface area contributed by atoms with E-state index in [2.05, 4.69) is 31.2 Å². The molecule has 2 heterocycles. The highest BCUT2D eigenvalue weighted by Crippen LogP contribution is 2.11. The van der Waals surface area contributed by atoms with Gasteiger partial charge in [-0.1, -0.05) is 6.07 Å². The molecule has 5 heteroatoms. The van der Waals surface area contributed by atoms with E-state index in [0.29, 0.717) is 16.0 Å². The molecule has 0 spiro atoms. The molecule has 0 aliphatic heterocycles. The number of aryl methyl sites for hydroxylation is 1. The lowest BCUT2D eigenvalue weighted by atomic mass is 10.2. The second-order valence-electron chi connectivity index (χ2n) is 3.55. The predicted octanol–water partition coefficient (Wildman–Crippen LogP) is 2.80. The molecule has 2 rings (SSSR count). The number of hydrogen-bond donors (Lipinski definition) is 1. The Hall–Kier alpha value is -1.75. The van der Waals surface area contributed by atoms with Gasteiger partial charge in [0.05, 0.1) is 5.56 Å². The minimum Gasteiger partial charge on any atom is -0.306 e. The van der Waals surface area contributed by atoms with E-state index < -0.39 is 0 Å². The van der Waals surface area contributed by atoms with Crippen LogP contribution >= 0.6 is 15.9 Å². The van der Waals surface area contributed by atoms with Gasteiger partial charge in [0.15, 0.2) is 0 Å². The SMILES string of the molecule is Cc1cncc(C(=O)Nc2cccc(Br)n2)c1. The number of carbonyl (C=O) groups is 1. The fourth-order valence-electron chi connectivity index (χ4n) is 1.35. The molecule has 0 unspecified atom stereocenters. The molecule has 0 aliphatic rings. The lowest BCUT2D eigenvalue weighted by Crippen LogP contribution is -2.13. The first kappa shape index (κ1) is 11.7. The summed E-state index contributed by atoms with van der Waals surface area (Å²) in [5.74, 6) is 0.290. The van der Waals surface area contributed by atoms with Gasteiger partial charge >= 0.3 is 0 Å². The van der Waals surface area contributed by atoms with E-state index in [1.54, 1.807) is 30.5 Å². The van der Waals surface area contributed by atoms with E-state index in [4.69, 9.17) is 0 Å². The summed E-state index contributed by atoms with van der Waals surface area (Å²) in [5, 5.41) is 2.71. The van der Waals surface area contributed by atoms with Crippen LogP contribution in [-0.4, -0.2) is 15.9 Å². The van der Waals surface area contributed by atoms with E-state index in [9.17, 15) is 4.79 Å². The number of rotatable bonds is 2. The third kappa shape index (κ3) is 3.10. The number of aromatic nitrogens is 2. The molecule has 4 nitrogen and oxygen atoms in total. The minimum atomic E-state index is -0.216. The summed E-state index contributed by atoms with van der Waals surface area (Å²) in [4.78, 5) is 20.0. The molecule has 2 aromatic heterocycles. The Balaban J connectivity index is 2.17. The summed E-state index contributed by atoms with van der Waals surface area (Å²) in [5.41, 5.74) is 1.46. The molecule has 0 radical (unpaired) electrons. The maximum Gasteiger partial charge on any atom is 0.258 e. The Morgan fingerprint density at radius 2 is 2.18 bits per heavy atom. The summed E-state index contributed by atoms with van der Waals surface area (Å²) < 4.78 is 0.678. The lowest BCUT2D eigenvalue weighted by Gasteiger charge is -2.04. The first-order valence-electron chi connectivity index (χ1n) is 5.01. The third-order valence-electron chi connectivity index (χ3n) is 2.09. The van der Waals surface area contributed by atoms with Gasteiger partial charge in [0, 0.05) is 12.4 Å². The number of carbonyl (C=O) groups excluding carboxylic acids is 1. The number of amides is 1. The molecule has 0 fully saturated rings. The molecule has 2 aromatic rings. The second-order valence-corrected chi connectivity index (χ2v) is 4.36. The average Bonchev–Trinajstić information content (AvgIpc) is 2.29. The predicted molar refractivity (Wildman–Crippen MR) is 68.9 cm³/mol. The van der Waals surface area contributed by atoms with Crippen molar-refractivity contribution in [2.24, 2.45) is 0 Å². The maximum atomic E-state index is 11.9. The fraction of sp³-hybridized carbons (Fsp3) is 0.0833. The van der Waals surface area contributed by atoms with E-state index in [1.165, 1.54) is 6.20 Å². The number of anilines is 1. The first-order chi connectivity index (χ1) is 8.15. The zero-order valence-corrected chi connectivity index (χ0v) is 10.7. The van der Waals surface area contributed by atoms with Crippen molar-refractivity contribution in [2.45, 2.75) is 6.92 Å². The van der Waals surface area contributed by atoms with Crippen LogP contribution in [-0.2, 0) is 0 Å². The van der Waals surface area contributed by atoms with Crippen LogP contribution < -0.4 is 5.32 Å². The van der Waals surface area contributed by atoms with Gasteiger partial charge in [0.2, 0.25) is 0 Å². The van der Waals surface area contributed by atoms with E-state index in [1.807, 2.05) is 6.92 Å². The van der Waals surface area contributed by atoms with Gasteiger partial charge in [0.1, 0.15) is 10.4 Å². The molecule has 1 N–H and O–H groups in total. The summed E-state index contributed by atoms with van der Waals surface area (Å²) in [7, 11) is 0. The maximum absolute atomic E-state index is 11.9. The van der Waals surface area contributed by atoms with Crippen molar-refractivity contribution in [3.63, 3.8) is 0 Å². The zero-order valence-electron chi connectivity index (χ0n) is 9.14. The molecule has 17 heavy (non-hydrogen) atoms. The Morgan fingerprint density at radius 1 is 1.35 bits per heavy atom. The molecule has 86 valence electrons. The highest BCUT2D eigenvalue weighted by molar-refractivity contribution is 9.10. The average molecular weight is 292 g/mol. The monoisotopic (exact) mass is 291 g/mol. The smallest absolute Gasteiger partial charge is 0.258 e. The van der Waals surface area contributed by atoms with Gasteiger partial charge in [-0.3, -0.25) is 9.78 Å². The zero-order chi connectivity index (χ0) is 12.3. The van der Waals surface area contributed by atoms with Gasteiger partial charge in [-0.15, -0.1) is 0 Å². The lowest BCUT2D eigenvalue weighted by molar-refractivity contribution is 0.102. The van der Waals surface area contributed by atoms with E-state index in [0.717, 1.165) is 5.56 Å². The van der Waals surface area contributed by atoms with Gasteiger partial charge in [-0.25, -0.2) is 4.98 Å². The van der Waals surface area contributed by atoms with Crippen LogP contribution in [0.15, 0.2) is 41.3 Å². The van der Waals surface area contributed by atoms with Crippen LogP contribution in [0.5, 0.6) is 0 Å². The molecular formula is C12H10BrN3O. The first-order valence-corrected chi connectivity index (χ1v) is 5.80. The molecule has 0 bridgehead atoms. The number of pyridine rings is 2. The molecule has 0 aromatic carbocycles. The van der Waals surface area contributed by atoms with Crippen LogP contribution in [0.1, 0.15) is 15.9 Å². The Morgan fingerprint density at radius 3 is 2.88 bits per heavy atom. The van der Waals surface area contributed by atoms with Crippen molar-refractivity contribution in [2.75, 3.05) is 5.32 Å². The molecule has 0 saturated carbocycles. The number of halogens is 1. The van der Waals surface area contributed by atoms with E-state index >= 15 is 0 Å². The third-order valence-corrected chi connectivity index (χ3v) is 2.54. The van der Waals surface area contributed by atoms with Crippen molar-refractivity contribution >= 4 is 27.7 Å². The Bertz CT molecular complexity index is 557. The quantitative estimate of drug-likeness (QED) is 0.866. The van der Waals surface area contributed by atoms with Gasteiger partial charge in [-0.05, 0) is 46.6 Å². The van der Waals surface area contributed by atoms with Crippen LogP contribution in [0, 0.1) is 6.92 Å². The van der Waals surface area contributed by atoms with Gasteiger partial charge < -0.3 is 5.32 Å². The molecular weight excluding hydrogens is 282 g/mol. The van der Waals surface area contributed by atoms with Gasteiger partial charge in [0.25, 0.3) is 5.91 Å². The van der Waals surface area contributed by atoms with Crippen molar-refractivity contribution < 1.29 is 4.79 Å². The fourth-order valence-corrected chi connectivity index (χ4v) is 1.69. The number of nitrogens with zero attached hydrogens (tertiary/aromatic N) is 2. The largest absolute Gasteiger partial charge is 0.306 e. The second kappa shape index (κ2) is 5.05. The van der Waals surface area contributed by atoms with Crippen LogP contribution in [0.25, 0.3) is 0 Å². The summed E-state index contributed by atoms with van der Waals surface area (Å²) in [6.07, 6.45) is 3.23. The molecule has 1 amide bonds. The summed E-state index contributed by atoms with van der Waals surface area (Å²) in [6, 6.07) is 7.11. The highest BCUT2D eigenvalue weighted by Gasteiger charge is 2.07. The minimum absolute atomic E-state index is 0.216. The topological polar surface area (TPSA) is 54.9 Å². The van der Waals surface area contributed by atoms with Crippen LogP contribution in [0.4, 0.5) is 5.82 Å². The summed E-state index contributed by atoms with van der Waals surface area (Å²) >= 11 is 3.25. The highest BCUT2D eigenvalue weighted by atomic mass is 79.9. The molecule has 0 saturated heterocycles. The standard InChI is InChI=1S/C12H10BrN3O/c1-8-5-9(7-14-6-8)12(17)16-11-4-2-3-10(13)15-11/h2-7H,1H3,(H,15,16,17). The Labute approximate surface area is 107 Å². The van der Waals surface area contributed by atoms with Crippen molar-refractivity contribution in [1.29, 1.82) is 0 Å². The normalized spacial score (nSPS) is 10.0. The van der Waals surface area contributed by atoms with Gasteiger partial charge in [-0.2, -0.15) is 0 Å². The van der Waals surface area contributed by atoms with Crippen molar-refractivity contribution in [3.8, 4) is 0 Å². The van der Waals surface area contributed by atoms with E-state index in [-0.39, 0.29) is 5.91 Å². The Kier molecular flexibility index (Phi) is 3.49. The molecule has 0 atom stereocenters. The molecule has 0 aliphatic carbocycles.